The third-order valence-electron chi connectivity index (χ3n) is 4.72. The van der Waals surface area contributed by atoms with Gasteiger partial charge in [0.2, 0.25) is 5.88 Å². The van der Waals surface area contributed by atoms with Crippen molar-refractivity contribution < 1.29 is 22.7 Å². The largest absolute Gasteiger partial charge is 0.480 e. The average molecular weight is 474 g/mol. The Morgan fingerprint density at radius 2 is 1.91 bits per heavy atom. The topological polar surface area (TPSA) is 94.8 Å². The first kappa shape index (κ1) is 22.4. The van der Waals surface area contributed by atoms with E-state index in [1.54, 1.807) is 5.38 Å². The highest BCUT2D eigenvalue weighted by molar-refractivity contribution is 7.14. The molecule has 8 nitrogen and oxygen atoms in total. The number of carbonyl (C=O) groups excluding carboxylic acids is 1. The predicted molar refractivity (Wildman–Crippen MR) is 116 cm³/mol. The van der Waals surface area contributed by atoms with Gasteiger partial charge in [-0.3, -0.25) is 10.1 Å². The van der Waals surface area contributed by atoms with Crippen molar-refractivity contribution in [1.29, 1.82) is 0 Å². The van der Waals surface area contributed by atoms with Gasteiger partial charge in [-0.2, -0.15) is 18.3 Å². The molecule has 0 atom stereocenters. The Morgan fingerprint density at radius 1 is 1.15 bits per heavy atom. The van der Waals surface area contributed by atoms with Crippen LogP contribution in [0, 0.1) is 0 Å². The van der Waals surface area contributed by atoms with E-state index in [1.807, 2.05) is 31.2 Å². The van der Waals surface area contributed by atoms with Gasteiger partial charge in [0.1, 0.15) is 0 Å². The second-order valence-electron chi connectivity index (χ2n) is 6.79. The molecule has 3 aromatic heterocycles. The van der Waals surface area contributed by atoms with Crippen molar-refractivity contribution in [3.8, 4) is 23.0 Å². The van der Waals surface area contributed by atoms with Gasteiger partial charge in [0.15, 0.2) is 16.6 Å². The molecular formula is C21H17F3N6O2S. The summed E-state index contributed by atoms with van der Waals surface area (Å²) < 4.78 is 46.9. The van der Waals surface area contributed by atoms with E-state index in [-0.39, 0.29) is 16.8 Å². The van der Waals surface area contributed by atoms with Crippen LogP contribution in [-0.2, 0) is 12.6 Å². The molecule has 0 unspecified atom stereocenters. The van der Waals surface area contributed by atoms with Crippen molar-refractivity contribution in [3.05, 3.63) is 64.8 Å². The maximum Gasteiger partial charge on any atom is 0.434 e. The summed E-state index contributed by atoms with van der Waals surface area (Å²) in [4.78, 5) is 17.0. The Balaban J connectivity index is 1.60. The maximum atomic E-state index is 13.8. The van der Waals surface area contributed by atoms with Crippen LogP contribution in [0.2, 0.25) is 0 Å². The van der Waals surface area contributed by atoms with Gasteiger partial charge >= 0.3 is 6.18 Å². The molecule has 1 aromatic carbocycles. The lowest BCUT2D eigenvalue weighted by Crippen LogP contribution is -2.21. The van der Waals surface area contributed by atoms with Crippen molar-refractivity contribution in [2.24, 2.45) is 0 Å². The molecule has 0 aliphatic rings. The minimum atomic E-state index is -4.88. The van der Waals surface area contributed by atoms with Crippen LogP contribution in [0.5, 0.6) is 5.88 Å². The fourth-order valence-corrected chi connectivity index (χ4v) is 3.75. The van der Waals surface area contributed by atoms with Crippen molar-refractivity contribution in [2.45, 2.75) is 19.5 Å². The molecule has 4 rings (SSSR count). The summed E-state index contributed by atoms with van der Waals surface area (Å²) in [6.07, 6.45) is -3.14. The van der Waals surface area contributed by atoms with Gasteiger partial charge in [0.25, 0.3) is 5.91 Å². The van der Waals surface area contributed by atoms with Crippen LogP contribution < -0.4 is 10.1 Å². The molecule has 3 heterocycles. The minimum Gasteiger partial charge on any atom is -0.480 e. The van der Waals surface area contributed by atoms with Gasteiger partial charge in [-0.25, -0.2) is 9.67 Å². The monoisotopic (exact) mass is 474 g/mol. The van der Waals surface area contributed by atoms with Crippen LogP contribution in [0.1, 0.15) is 28.5 Å². The SMILES string of the molecule is CCc1ccc(-c2csc(NC(=O)c3cnn(-c4ccc(OC)nn4)c3C(F)(F)F)n2)cc1. The van der Waals surface area contributed by atoms with Crippen LogP contribution in [-0.4, -0.2) is 38.0 Å². The quantitative estimate of drug-likeness (QED) is 0.438. The number of nitrogens with zero attached hydrogens (tertiary/aromatic N) is 5. The predicted octanol–water partition coefficient (Wildman–Crippen LogP) is 4.63. The number of benzene rings is 1. The molecule has 12 heteroatoms. The minimum absolute atomic E-state index is 0.126. The van der Waals surface area contributed by atoms with Crippen LogP contribution >= 0.6 is 11.3 Å². The van der Waals surface area contributed by atoms with E-state index >= 15 is 0 Å². The number of aromatic nitrogens is 5. The highest BCUT2D eigenvalue weighted by Crippen LogP contribution is 2.34. The Kier molecular flexibility index (Phi) is 6.09. The average Bonchev–Trinajstić information content (AvgIpc) is 3.47. The molecule has 170 valence electrons. The Labute approximate surface area is 190 Å². The van der Waals surface area contributed by atoms with Gasteiger partial charge in [-0.15, -0.1) is 21.5 Å². The number of thiazole rings is 1. The molecular weight excluding hydrogens is 457 g/mol. The van der Waals surface area contributed by atoms with Gasteiger partial charge in [0.05, 0.1) is 24.6 Å². The second kappa shape index (κ2) is 8.98. The summed E-state index contributed by atoms with van der Waals surface area (Å²) in [5.74, 6) is -1.08. The lowest BCUT2D eigenvalue weighted by molar-refractivity contribution is -0.143. The number of carbonyl (C=O) groups is 1. The van der Waals surface area contributed by atoms with Crippen molar-refractivity contribution >= 4 is 22.4 Å². The Bertz CT molecular complexity index is 1270. The second-order valence-corrected chi connectivity index (χ2v) is 7.65. The van der Waals surface area contributed by atoms with Crippen molar-refractivity contribution in [1.82, 2.24) is 25.0 Å². The molecule has 4 aromatic rings. The van der Waals surface area contributed by atoms with Crippen molar-refractivity contribution in [3.63, 3.8) is 0 Å². The van der Waals surface area contributed by atoms with Crippen LogP contribution in [0.25, 0.3) is 17.1 Å². The lowest BCUT2D eigenvalue weighted by atomic mass is 10.1. The first-order valence-corrected chi connectivity index (χ1v) is 10.6. The molecule has 1 N–H and O–H groups in total. The molecule has 0 aliphatic heterocycles. The van der Waals surface area contributed by atoms with Gasteiger partial charge < -0.3 is 4.74 Å². The van der Waals surface area contributed by atoms with Crippen LogP contribution in [0.15, 0.2) is 48.0 Å². The number of halogens is 3. The molecule has 0 bridgehead atoms. The van der Waals surface area contributed by atoms with Crippen molar-refractivity contribution in [2.75, 3.05) is 12.4 Å². The number of hydrogen-bond donors (Lipinski definition) is 1. The van der Waals surface area contributed by atoms with Crippen LogP contribution in [0.3, 0.4) is 0 Å². The Morgan fingerprint density at radius 3 is 2.52 bits per heavy atom. The molecule has 0 fully saturated rings. The molecule has 0 spiro atoms. The fourth-order valence-electron chi connectivity index (χ4n) is 3.04. The van der Waals surface area contributed by atoms with E-state index < -0.39 is 23.3 Å². The van der Waals surface area contributed by atoms with E-state index in [0.29, 0.717) is 10.4 Å². The van der Waals surface area contributed by atoms with Crippen LogP contribution in [0.4, 0.5) is 18.3 Å². The lowest BCUT2D eigenvalue weighted by Gasteiger charge is -2.11. The molecule has 33 heavy (non-hydrogen) atoms. The number of methoxy groups -OCH3 is 1. The molecule has 0 saturated heterocycles. The molecule has 0 aliphatic carbocycles. The third-order valence-corrected chi connectivity index (χ3v) is 5.47. The maximum absolute atomic E-state index is 13.8. The van der Waals surface area contributed by atoms with Gasteiger partial charge in [-0.05, 0) is 18.1 Å². The molecule has 0 saturated carbocycles. The first-order chi connectivity index (χ1) is 15.8. The fraction of sp³-hybridized carbons (Fsp3) is 0.190. The first-order valence-electron chi connectivity index (χ1n) is 9.69. The summed E-state index contributed by atoms with van der Waals surface area (Å²) in [6.45, 7) is 2.05. The Hall–Kier alpha value is -3.80. The highest BCUT2D eigenvalue weighted by Gasteiger charge is 2.41. The van der Waals surface area contributed by atoms with Gasteiger partial charge in [-0.1, -0.05) is 31.2 Å². The number of anilines is 1. The summed E-state index contributed by atoms with van der Waals surface area (Å²) in [5, 5.41) is 15.4. The van der Waals surface area contributed by atoms with Gasteiger partial charge in [0, 0.05) is 17.0 Å². The summed E-state index contributed by atoms with van der Waals surface area (Å²) in [7, 11) is 1.35. The van der Waals surface area contributed by atoms with E-state index in [2.05, 4.69) is 25.6 Å². The number of ether oxygens (including phenoxy) is 1. The summed E-state index contributed by atoms with van der Waals surface area (Å²) in [5.41, 5.74) is 0.681. The van der Waals surface area contributed by atoms with E-state index in [4.69, 9.17) is 4.74 Å². The normalized spacial score (nSPS) is 11.4. The smallest absolute Gasteiger partial charge is 0.434 e. The molecule has 1 amide bonds. The number of amides is 1. The third kappa shape index (κ3) is 4.70. The number of aryl methyl sites for hydroxylation is 1. The zero-order valence-corrected chi connectivity index (χ0v) is 18.2. The number of rotatable bonds is 6. The summed E-state index contributed by atoms with van der Waals surface area (Å²) in [6, 6.07) is 10.3. The van der Waals surface area contributed by atoms with E-state index in [9.17, 15) is 18.0 Å². The van der Waals surface area contributed by atoms with E-state index in [0.717, 1.165) is 29.5 Å². The standard InChI is InChI=1S/C21H17F3N6O2S/c1-3-12-4-6-13(7-5-12)15-11-33-20(26-15)27-19(31)14-10-25-30(18(14)21(22,23)24)16-8-9-17(32-2)29-28-16/h4-11H,3H2,1-2H3,(H,26,27,31). The highest BCUT2D eigenvalue weighted by atomic mass is 32.1. The summed E-state index contributed by atoms with van der Waals surface area (Å²) >= 11 is 1.11. The zero-order valence-electron chi connectivity index (χ0n) is 17.4. The van der Waals surface area contributed by atoms with E-state index in [1.165, 1.54) is 24.8 Å². The number of alkyl halides is 3. The number of hydrogen-bond acceptors (Lipinski definition) is 7. The zero-order chi connectivity index (χ0) is 23.6. The number of nitrogens with one attached hydrogen (secondary N) is 1. The molecule has 0 radical (unpaired) electrons.